The van der Waals surface area contributed by atoms with Crippen LogP contribution < -0.4 is 10.6 Å². The van der Waals surface area contributed by atoms with Gasteiger partial charge in [-0.3, -0.25) is 0 Å². The van der Waals surface area contributed by atoms with Crippen molar-refractivity contribution in [2.45, 2.75) is 37.2 Å². The SMILES string of the molecule is CCC(N)N1CCc2ccc3c(c21)CCS3. The second-order valence-electron chi connectivity index (χ2n) is 4.57. The van der Waals surface area contributed by atoms with E-state index in [1.165, 1.54) is 34.7 Å². The van der Waals surface area contributed by atoms with Gasteiger partial charge in [0.05, 0.1) is 6.17 Å². The van der Waals surface area contributed by atoms with Crippen LogP contribution in [0.3, 0.4) is 0 Å². The fourth-order valence-corrected chi connectivity index (χ4v) is 3.83. The minimum absolute atomic E-state index is 0.193. The highest BCUT2D eigenvalue weighted by Crippen LogP contribution is 2.42. The van der Waals surface area contributed by atoms with Crippen LogP contribution in [0.1, 0.15) is 24.5 Å². The molecule has 0 spiro atoms. The third-order valence-electron chi connectivity index (χ3n) is 3.66. The molecule has 0 bridgehead atoms. The fourth-order valence-electron chi connectivity index (χ4n) is 2.77. The number of nitrogens with zero attached hydrogens (tertiary/aromatic N) is 1. The van der Waals surface area contributed by atoms with Gasteiger partial charge in [0, 0.05) is 22.9 Å². The standard InChI is InChI=1S/C13H18N2S/c1-2-12(14)15-7-5-9-3-4-11-10(13(9)15)6-8-16-11/h3-4,12H,2,5-8,14H2,1H3. The summed E-state index contributed by atoms with van der Waals surface area (Å²) in [5.74, 6) is 1.24. The van der Waals surface area contributed by atoms with Crippen molar-refractivity contribution in [1.29, 1.82) is 0 Å². The molecular weight excluding hydrogens is 216 g/mol. The zero-order valence-corrected chi connectivity index (χ0v) is 10.5. The summed E-state index contributed by atoms with van der Waals surface area (Å²) in [7, 11) is 0. The minimum atomic E-state index is 0.193. The summed E-state index contributed by atoms with van der Waals surface area (Å²) in [5.41, 5.74) is 10.7. The van der Waals surface area contributed by atoms with Crippen LogP contribution in [0.5, 0.6) is 0 Å². The first-order chi connectivity index (χ1) is 7.81. The zero-order valence-electron chi connectivity index (χ0n) is 9.70. The average molecular weight is 234 g/mol. The molecule has 0 aromatic heterocycles. The topological polar surface area (TPSA) is 29.3 Å². The van der Waals surface area contributed by atoms with Crippen LogP contribution in [-0.4, -0.2) is 18.5 Å². The fraction of sp³-hybridized carbons (Fsp3) is 0.538. The molecule has 0 fully saturated rings. The molecule has 0 saturated carbocycles. The van der Waals surface area contributed by atoms with E-state index in [9.17, 15) is 0 Å². The van der Waals surface area contributed by atoms with Crippen molar-refractivity contribution in [3.63, 3.8) is 0 Å². The van der Waals surface area contributed by atoms with Crippen LogP contribution in [0.15, 0.2) is 17.0 Å². The minimum Gasteiger partial charge on any atom is -0.355 e. The molecule has 1 aromatic rings. The van der Waals surface area contributed by atoms with Gasteiger partial charge < -0.3 is 10.6 Å². The molecule has 1 unspecified atom stereocenters. The van der Waals surface area contributed by atoms with Crippen LogP contribution in [0.25, 0.3) is 0 Å². The lowest BCUT2D eigenvalue weighted by atomic mass is 10.1. The first-order valence-electron chi connectivity index (χ1n) is 6.11. The van der Waals surface area contributed by atoms with Crippen LogP contribution >= 0.6 is 11.8 Å². The highest BCUT2D eigenvalue weighted by molar-refractivity contribution is 7.99. The lowest BCUT2D eigenvalue weighted by Gasteiger charge is -2.27. The Hall–Kier alpha value is -0.670. The van der Waals surface area contributed by atoms with E-state index in [-0.39, 0.29) is 6.17 Å². The predicted molar refractivity (Wildman–Crippen MR) is 70.2 cm³/mol. The molecule has 0 amide bonds. The molecule has 2 N–H and O–H groups in total. The van der Waals surface area contributed by atoms with Gasteiger partial charge in [0.1, 0.15) is 0 Å². The summed E-state index contributed by atoms with van der Waals surface area (Å²) in [4.78, 5) is 3.90. The lowest BCUT2D eigenvalue weighted by Crippen LogP contribution is -2.40. The average Bonchev–Trinajstić information content (AvgIpc) is 2.92. The molecule has 2 aliphatic rings. The van der Waals surface area contributed by atoms with Crippen molar-refractivity contribution in [2.75, 3.05) is 17.2 Å². The smallest absolute Gasteiger partial charge is 0.0768 e. The highest BCUT2D eigenvalue weighted by Gasteiger charge is 2.28. The second kappa shape index (κ2) is 3.97. The molecule has 2 heterocycles. The molecule has 2 nitrogen and oxygen atoms in total. The normalized spacial score (nSPS) is 19.8. The van der Waals surface area contributed by atoms with E-state index in [0.29, 0.717) is 0 Å². The first kappa shape index (κ1) is 10.5. The third kappa shape index (κ3) is 1.45. The van der Waals surface area contributed by atoms with E-state index >= 15 is 0 Å². The molecule has 16 heavy (non-hydrogen) atoms. The van der Waals surface area contributed by atoms with E-state index in [1.807, 2.05) is 11.8 Å². The Morgan fingerprint density at radius 2 is 2.31 bits per heavy atom. The number of rotatable bonds is 2. The molecule has 0 radical (unpaired) electrons. The molecule has 1 aromatic carbocycles. The maximum Gasteiger partial charge on any atom is 0.0768 e. The van der Waals surface area contributed by atoms with E-state index in [0.717, 1.165) is 13.0 Å². The number of benzene rings is 1. The molecule has 3 rings (SSSR count). The van der Waals surface area contributed by atoms with E-state index < -0.39 is 0 Å². The Labute approximate surface area is 101 Å². The molecule has 86 valence electrons. The van der Waals surface area contributed by atoms with Crippen LogP contribution in [-0.2, 0) is 12.8 Å². The second-order valence-corrected chi connectivity index (χ2v) is 5.70. The van der Waals surface area contributed by atoms with E-state index in [2.05, 4.69) is 24.0 Å². The number of hydrogen-bond acceptors (Lipinski definition) is 3. The van der Waals surface area contributed by atoms with Gasteiger partial charge in [0.25, 0.3) is 0 Å². The van der Waals surface area contributed by atoms with Gasteiger partial charge in [0.2, 0.25) is 0 Å². The van der Waals surface area contributed by atoms with Crippen LogP contribution in [0.4, 0.5) is 5.69 Å². The number of nitrogens with two attached hydrogens (primary N) is 1. The van der Waals surface area contributed by atoms with E-state index in [1.54, 1.807) is 5.56 Å². The van der Waals surface area contributed by atoms with Crippen LogP contribution in [0, 0.1) is 0 Å². The van der Waals surface area contributed by atoms with E-state index in [4.69, 9.17) is 5.73 Å². The summed E-state index contributed by atoms with van der Waals surface area (Å²) in [6, 6.07) is 4.60. The van der Waals surface area contributed by atoms with Crippen molar-refractivity contribution >= 4 is 17.4 Å². The summed E-state index contributed by atoms with van der Waals surface area (Å²) in [5, 5.41) is 0. The van der Waals surface area contributed by atoms with Crippen molar-refractivity contribution in [3.05, 3.63) is 23.3 Å². The highest BCUT2D eigenvalue weighted by atomic mass is 32.2. The van der Waals surface area contributed by atoms with Gasteiger partial charge in [-0.25, -0.2) is 0 Å². The number of fused-ring (bicyclic) bond motifs is 3. The maximum atomic E-state index is 6.21. The third-order valence-corrected chi connectivity index (χ3v) is 4.76. The molecular formula is C13H18N2S. The molecule has 2 aliphatic heterocycles. The first-order valence-corrected chi connectivity index (χ1v) is 7.09. The van der Waals surface area contributed by atoms with Gasteiger partial charge in [0.15, 0.2) is 0 Å². The zero-order chi connectivity index (χ0) is 11.1. The van der Waals surface area contributed by atoms with Crippen molar-refractivity contribution in [2.24, 2.45) is 5.73 Å². The van der Waals surface area contributed by atoms with Gasteiger partial charge in [-0.2, -0.15) is 0 Å². The summed E-state index contributed by atoms with van der Waals surface area (Å²) < 4.78 is 0. The molecule has 0 saturated heterocycles. The van der Waals surface area contributed by atoms with Crippen molar-refractivity contribution < 1.29 is 0 Å². The number of anilines is 1. The maximum absolute atomic E-state index is 6.21. The van der Waals surface area contributed by atoms with Gasteiger partial charge in [-0.05, 0) is 36.5 Å². The largest absolute Gasteiger partial charge is 0.355 e. The van der Waals surface area contributed by atoms with Crippen molar-refractivity contribution in [1.82, 2.24) is 0 Å². The van der Waals surface area contributed by atoms with Gasteiger partial charge in [-0.1, -0.05) is 13.0 Å². The number of thioether (sulfide) groups is 1. The quantitative estimate of drug-likeness (QED) is 0.852. The Morgan fingerprint density at radius 3 is 3.12 bits per heavy atom. The molecule has 1 atom stereocenters. The lowest BCUT2D eigenvalue weighted by molar-refractivity contribution is 0.608. The Balaban J connectivity index is 2.07. The Bertz CT molecular complexity index is 417. The Kier molecular flexibility index (Phi) is 2.60. The predicted octanol–water partition coefficient (Wildman–Crippen LogP) is 2.39. The summed E-state index contributed by atoms with van der Waals surface area (Å²) in [6.07, 6.45) is 3.60. The summed E-state index contributed by atoms with van der Waals surface area (Å²) >= 11 is 1.99. The van der Waals surface area contributed by atoms with Crippen molar-refractivity contribution in [3.8, 4) is 0 Å². The monoisotopic (exact) mass is 234 g/mol. The summed E-state index contributed by atoms with van der Waals surface area (Å²) in [6.45, 7) is 3.27. The van der Waals surface area contributed by atoms with Gasteiger partial charge in [-0.15, -0.1) is 11.8 Å². The number of hydrogen-bond donors (Lipinski definition) is 1. The Morgan fingerprint density at radius 1 is 1.44 bits per heavy atom. The van der Waals surface area contributed by atoms with Crippen LogP contribution in [0.2, 0.25) is 0 Å². The molecule has 0 aliphatic carbocycles. The van der Waals surface area contributed by atoms with Gasteiger partial charge >= 0.3 is 0 Å². The molecule has 3 heteroatoms.